The van der Waals surface area contributed by atoms with Crippen LogP contribution in [0.2, 0.25) is 0 Å². The number of likely N-dealkylation sites (N-methyl/N-ethyl adjacent to an activating group) is 1. The van der Waals surface area contributed by atoms with Crippen molar-refractivity contribution in [1.82, 2.24) is 15.1 Å². The molecule has 2 rings (SSSR count). The number of halogens is 1. The van der Waals surface area contributed by atoms with Gasteiger partial charge in [-0.05, 0) is 49.5 Å². The minimum absolute atomic E-state index is 0.0976. The lowest BCUT2D eigenvalue weighted by molar-refractivity contribution is 0.188. The van der Waals surface area contributed by atoms with Crippen molar-refractivity contribution in [3.8, 4) is 11.5 Å². The normalized spacial score (nSPS) is 10.6. The van der Waals surface area contributed by atoms with E-state index < -0.39 is 0 Å². The number of nitrogens with one attached hydrogen (secondary N) is 1. The van der Waals surface area contributed by atoms with Crippen LogP contribution in [0.3, 0.4) is 0 Å². The average molecular weight is 450 g/mol. The predicted molar refractivity (Wildman–Crippen MR) is 115 cm³/mol. The highest BCUT2D eigenvalue weighted by atomic mass is 79.9. The van der Waals surface area contributed by atoms with E-state index in [0.29, 0.717) is 31.1 Å². The molecule has 0 saturated carbocycles. The Kier molecular flexibility index (Phi) is 8.60. The molecule has 2 amide bonds. The molecule has 0 atom stereocenters. The summed E-state index contributed by atoms with van der Waals surface area (Å²) in [6.07, 6.45) is 0. The first kappa shape index (κ1) is 22.0. The first-order chi connectivity index (χ1) is 13.4. The highest BCUT2D eigenvalue weighted by Crippen LogP contribution is 2.27. The fourth-order valence-corrected chi connectivity index (χ4v) is 2.93. The van der Waals surface area contributed by atoms with Crippen molar-refractivity contribution in [2.75, 3.05) is 41.4 Å². The highest BCUT2D eigenvalue weighted by molar-refractivity contribution is 9.10. The van der Waals surface area contributed by atoms with E-state index >= 15 is 0 Å². The van der Waals surface area contributed by atoms with Crippen molar-refractivity contribution in [2.45, 2.75) is 13.1 Å². The number of hydrogen-bond acceptors (Lipinski definition) is 4. The summed E-state index contributed by atoms with van der Waals surface area (Å²) in [5.41, 5.74) is 2.03. The second-order valence-electron chi connectivity index (χ2n) is 6.70. The van der Waals surface area contributed by atoms with Crippen LogP contribution in [0.4, 0.5) is 4.79 Å². The molecule has 0 heterocycles. The molecule has 0 bridgehead atoms. The summed E-state index contributed by atoms with van der Waals surface area (Å²) in [5.74, 6) is 1.31. The van der Waals surface area contributed by atoms with Gasteiger partial charge < -0.3 is 24.6 Å². The third-order valence-electron chi connectivity index (χ3n) is 4.28. The summed E-state index contributed by atoms with van der Waals surface area (Å²) in [5, 5.41) is 3.01. The topological polar surface area (TPSA) is 54.0 Å². The van der Waals surface area contributed by atoms with Crippen LogP contribution in [0, 0.1) is 0 Å². The van der Waals surface area contributed by atoms with Crippen LogP contribution < -0.4 is 14.8 Å². The number of urea groups is 1. The number of carbonyl (C=O) groups is 1. The van der Waals surface area contributed by atoms with Gasteiger partial charge in [-0.1, -0.05) is 34.1 Å². The second kappa shape index (κ2) is 10.9. The molecule has 1 N–H and O–H groups in total. The van der Waals surface area contributed by atoms with E-state index in [9.17, 15) is 4.79 Å². The van der Waals surface area contributed by atoms with Crippen LogP contribution in [0.15, 0.2) is 46.9 Å². The van der Waals surface area contributed by atoms with E-state index in [1.165, 1.54) is 0 Å². The van der Waals surface area contributed by atoms with Gasteiger partial charge in [-0.25, -0.2) is 4.79 Å². The lowest BCUT2D eigenvalue weighted by atomic mass is 10.2. The van der Waals surface area contributed by atoms with E-state index in [2.05, 4.69) is 26.1 Å². The summed E-state index contributed by atoms with van der Waals surface area (Å²) < 4.78 is 11.6. The van der Waals surface area contributed by atoms with Gasteiger partial charge in [-0.3, -0.25) is 0 Å². The van der Waals surface area contributed by atoms with Crippen molar-refractivity contribution in [2.24, 2.45) is 0 Å². The third-order valence-corrected chi connectivity index (χ3v) is 4.81. The number of nitrogens with zero attached hydrogens (tertiary/aromatic N) is 2. The summed E-state index contributed by atoms with van der Waals surface area (Å²) in [4.78, 5) is 16.7. The maximum Gasteiger partial charge on any atom is 0.318 e. The maximum absolute atomic E-state index is 12.8. The molecule has 0 saturated heterocycles. The molecule has 7 heteroatoms. The van der Waals surface area contributed by atoms with Crippen LogP contribution in [0.1, 0.15) is 11.1 Å². The van der Waals surface area contributed by atoms with Crippen molar-refractivity contribution < 1.29 is 14.3 Å². The number of hydrogen-bond donors (Lipinski definition) is 1. The number of methoxy groups -OCH3 is 2. The third kappa shape index (κ3) is 6.73. The molecular weight excluding hydrogens is 422 g/mol. The molecule has 0 spiro atoms. The van der Waals surface area contributed by atoms with Gasteiger partial charge in [0.1, 0.15) is 0 Å². The van der Waals surface area contributed by atoms with Crippen LogP contribution in [-0.4, -0.2) is 57.2 Å². The zero-order chi connectivity index (χ0) is 20.5. The smallest absolute Gasteiger partial charge is 0.318 e. The molecule has 0 aromatic heterocycles. The number of amides is 2. The highest BCUT2D eigenvalue weighted by Gasteiger charge is 2.14. The molecule has 0 aliphatic heterocycles. The number of benzene rings is 2. The minimum atomic E-state index is -0.0976. The Morgan fingerprint density at radius 3 is 2.21 bits per heavy atom. The molecule has 2 aromatic carbocycles. The van der Waals surface area contributed by atoms with Crippen molar-refractivity contribution in [1.29, 1.82) is 0 Å². The van der Waals surface area contributed by atoms with E-state index in [1.54, 1.807) is 14.2 Å². The molecule has 6 nitrogen and oxygen atoms in total. The zero-order valence-electron chi connectivity index (χ0n) is 16.9. The number of ether oxygens (including phenoxy) is 2. The Labute approximate surface area is 175 Å². The molecule has 0 aliphatic carbocycles. The fourth-order valence-electron chi connectivity index (χ4n) is 2.66. The van der Waals surface area contributed by atoms with Crippen molar-refractivity contribution in [3.05, 3.63) is 58.1 Å². The Morgan fingerprint density at radius 2 is 1.61 bits per heavy atom. The summed E-state index contributed by atoms with van der Waals surface area (Å²) in [6, 6.07) is 13.6. The van der Waals surface area contributed by atoms with E-state index in [4.69, 9.17) is 9.47 Å². The van der Waals surface area contributed by atoms with E-state index in [0.717, 1.165) is 22.1 Å². The Bertz CT molecular complexity index is 766. The van der Waals surface area contributed by atoms with Gasteiger partial charge in [-0.2, -0.15) is 0 Å². The van der Waals surface area contributed by atoms with Gasteiger partial charge in [0.25, 0.3) is 0 Å². The Balaban J connectivity index is 2.03. The summed E-state index contributed by atoms with van der Waals surface area (Å²) >= 11 is 3.44. The lowest BCUT2D eigenvalue weighted by Crippen LogP contribution is -2.42. The molecule has 0 radical (unpaired) electrons. The molecule has 0 aliphatic rings. The van der Waals surface area contributed by atoms with Crippen molar-refractivity contribution >= 4 is 22.0 Å². The fraction of sp³-hybridized carbons (Fsp3) is 0.381. The molecule has 0 fully saturated rings. The molecule has 0 unspecified atom stereocenters. The van der Waals surface area contributed by atoms with Crippen molar-refractivity contribution in [3.63, 3.8) is 0 Å². The molecular formula is C21H28BrN3O3. The van der Waals surface area contributed by atoms with Gasteiger partial charge in [0, 0.05) is 30.7 Å². The van der Waals surface area contributed by atoms with Gasteiger partial charge in [0.05, 0.1) is 14.2 Å². The Hall–Kier alpha value is -2.25. The molecule has 2 aromatic rings. The second-order valence-corrected chi connectivity index (χ2v) is 7.62. The van der Waals surface area contributed by atoms with E-state index in [-0.39, 0.29) is 6.03 Å². The van der Waals surface area contributed by atoms with Crippen LogP contribution in [0.5, 0.6) is 11.5 Å². The number of carbonyl (C=O) groups excluding carboxylic acids is 1. The number of rotatable bonds is 9. The monoisotopic (exact) mass is 449 g/mol. The van der Waals surface area contributed by atoms with Crippen LogP contribution >= 0.6 is 15.9 Å². The summed E-state index contributed by atoms with van der Waals surface area (Å²) in [7, 11) is 7.20. The zero-order valence-corrected chi connectivity index (χ0v) is 18.5. The van der Waals surface area contributed by atoms with Gasteiger partial charge in [0.15, 0.2) is 11.5 Å². The SMILES string of the molecule is COc1ccc(CNC(=O)N(CCN(C)C)Cc2ccc(Br)cc2)cc1OC. The van der Waals surface area contributed by atoms with E-state index in [1.807, 2.05) is 61.5 Å². The van der Waals surface area contributed by atoms with Gasteiger partial charge in [-0.15, -0.1) is 0 Å². The molecule has 28 heavy (non-hydrogen) atoms. The first-order valence-electron chi connectivity index (χ1n) is 9.05. The minimum Gasteiger partial charge on any atom is -0.493 e. The van der Waals surface area contributed by atoms with Gasteiger partial charge >= 0.3 is 6.03 Å². The van der Waals surface area contributed by atoms with Crippen LogP contribution in [-0.2, 0) is 13.1 Å². The first-order valence-corrected chi connectivity index (χ1v) is 9.85. The maximum atomic E-state index is 12.8. The van der Waals surface area contributed by atoms with Crippen LogP contribution in [0.25, 0.3) is 0 Å². The van der Waals surface area contributed by atoms with Gasteiger partial charge in [0.2, 0.25) is 0 Å². The standard InChI is InChI=1S/C21H28BrN3O3/c1-24(2)11-12-25(15-16-5-8-18(22)9-6-16)21(26)23-14-17-7-10-19(27-3)20(13-17)28-4/h5-10,13H,11-12,14-15H2,1-4H3,(H,23,26). The average Bonchev–Trinajstić information content (AvgIpc) is 2.70. The predicted octanol–water partition coefficient (Wildman–Crippen LogP) is 3.74. The Morgan fingerprint density at radius 1 is 0.964 bits per heavy atom. The molecule has 152 valence electrons. The lowest BCUT2D eigenvalue weighted by Gasteiger charge is -2.25. The largest absolute Gasteiger partial charge is 0.493 e. The quantitative estimate of drug-likeness (QED) is 0.633. The summed E-state index contributed by atoms with van der Waals surface area (Å²) in [6.45, 7) is 2.40.